The normalized spacial score (nSPS) is 16.5. The summed E-state index contributed by atoms with van der Waals surface area (Å²) in [5.74, 6) is 1.93. The van der Waals surface area contributed by atoms with Gasteiger partial charge in [-0.15, -0.1) is 0 Å². The number of benzene rings is 2. The summed E-state index contributed by atoms with van der Waals surface area (Å²) in [6.07, 6.45) is 0.289. The zero-order valence-electron chi connectivity index (χ0n) is 15.4. The van der Waals surface area contributed by atoms with E-state index in [0.29, 0.717) is 40.5 Å². The van der Waals surface area contributed by atoms with Crippen LogP contribution in [0.2, 0.25) is 5.02 Å². The SMILES string of the molecule is COc1ccc(N2C[C@H](c3nc(-c4ccc(Cl)cc4)no3)CC2=O)c(OC)c1. The first-order chi connectivity index (χ1) is 13.6. The highest BCUT2D eigenvalue weighted by Crippen LogP contribution is 2.38. The first-order valence-electron chi connectivity index (χ1n) is 8.71. The molecule has 0 bridgehead atoms. The van der Waals surface area contributed by atoms with E-state index < -0.39 is 0 Å². The number of hydrogen-bond acceptors (Lipinski definition) is 6. The van der Waals surface area contributed by atoms with Gasteiger partial charge in [-0.2, -0.15) is 4.98 Å². The molecule has 1 aliphatic rings. The Labute approximate surface area is 166 Å². The Morgan fingerprint density at radius 3 is 2.64 bits per heavy atom. The zero-order valence-corrected chi connectivity index (χ0v) is 16.1. The van der Waals surface area contributed by atoms with Gasteiger partial charge < -0.3 is 18.9 Å². The fourth-order valence-electron chi connectivity index (χ4n) is 3.23. The Kier molecular flexibility index (Phi) is 4.92. The predicted octanol–water partition coefficient (Wildman–Crippen LogP) is 3.93. The summed E-state index contributed by atoms with van der Waals surface area (Å²) in [6, 6.07) is 12.5. The van der Waals surface area contributed by atoms with Crippen molar-refractivity contribution in [3.05, 3.63) is 53.4 Å². The monoisotopic (exact) mass is 399 g/mol. The van der Waals surface area contributed by atoms with Crippen molar-refractivity contribution in [1.29, 1.82) is 0 Å². The fourth-order valence-corrected chi connectivity index (χ4v) is 3.36. The average Bonchev–Trinajstić information content (AvgIpc) is 3.35. The molecular weight excluding hydrogens is 382 g/mol. The van der Waals surface area contributed by atoms with Crippen molar-refractivity contribution in [3.8, 4) is 22.9 Å². The molecule has 0 N–H and O–H groups in total. The number of halogens is 1. The molecule has 7 nitrogen and oxygen atoms in total. The van der Waals surface area contributed by atoms with Crippen LogP contribution in [0.3, 0.4) is 0 Å². The smallest absolute Gasteiger partial charge is 0.232 e. The first kappa shape index (κ1) is 18.3. The number of hydrogen-bond donors (Lipinski definition) is 0. The molecule has 0 saturated carbocycles. The minimum absolute atomic E-state index is 0.0280. The second-order valence-electron chi connectivity index (χ2n) is 6.41. The van der Waals surface area contributed by atoms with Crippen molar-refractivity contribution in [3.63, 3.8) is 0 Å². The number of amides is 1. The standard InChI is InChI=1S/C20H18ClN3O4/c1-26-15-7-8-16(17(10-15)27-2)24-11-13(9-18(24)25)20-22-19(23-28-20)12-3-5-14(21)6-4-12/h3-8,10,13H,9,11H2,1-2H3/t13-/m1/s1. The molecule has 144 valence electrons. The lowest BCUT2D eigenvalue weighted by Gasteiger charge is -2.19. The van der Waals surface area contributed by atoms with E-state index in [1.807, 2.05) is 18.2 Å². The minimum Gasteiger partial charge on any atom is -0.497 e. The molecule has 1 amide bonds. The summed E-state index contributed by atoms with van der Waals surface area (Å²) in [5.41, 5.74) is 1.49. The molecule has 1 aliphatic heterocycles. The number of ether oxygens (including phenoxy) is 2. The maximum absolute atomic E-state index is 12.6. The maximum Gasteiger partial charge on any atom is 0.232 e. The topological polar surface area (TPSA) is 77.7 Å². The Balaban J connectivity index is 1.56. The van der Waals surface area contributed by atoms with E-state index in [-0.39, 0.29) is 18.2 Å². The van der Waals surface area contributed by atoms with Gasteiger partial charge in [-0.25, -0.2) is 0 Å². The van der Waals surface area contributed by atoms with E-state index in [4.69, 9.17) is 25.6 Å². The molecule has 3 aromatic rings. The molecule has 0 unspecified atom stereocenters. The summed E-state index contributed by atoms with van der Waals surface area (Å²) in [6.45, 7) is 0.434. The third-order valence-electron chi connectivity index (χ3n) is 4.70. The van der Waals surface area contributed by atoms with Gasteiger partial charge in [0.2, 0.25) is 17.6 Å². The van der Waals surface area contributed by atoms with Crippen molar-refractivity contribution in [2.45, 2.75) is 12.3 Å². The summed E-state index contributed by atoms with van der Waals surface area (Å²) in [7, 11) is 3.14. The summed E-state index contributed by atoms with van der Waals surface area (Å²) >= 11 is 5.92. The minimum atomic E-state index is -0.187. The molecule has 4 rings (SSSR count). The van der Waals surface area contributed by atoms with E-state index in [1.165, 1.54) is 0 Å². The third kappa shape index (κ3) is 3.41. The summed E-state index contributed by atoms with van der Waals surface area (Å²) < 4.78 is 16.1. The Bertz CT molecular complexity index is 1000. The number of methoxy groups -OCH3 is 2. The van der Waals surface area contributed by atoms with Crippen LogP contribution in [-0.2, 0) is 4.79 Å². The summed E-state index contributed by atoms with van der Waals surface area (Å²) in [5, 5.41) is 4.68. The van der Waals surface area contributed by atoms with Gasteiger partial charge in [0.05, 0.1) is 25.8 Å². The van der Waals surface area contributed by atoms with E-state index in [1.54, 1.807) is 43.4 Å². The lowest BCUT2D eigenvalue weighted by molar-refractivity contribution is -0.117. The molecule has 0 spiro atoms. The van der Waals surface area contributed by atoms with Gasteiger partial charge in [0.25, 0.3) is 0 Å². The lowest BCUT2D eigenvalue weighted by Crippen LogP contribution is -2.24. The van der Waals surface area contributed by atoms with Gasteiger partial charge in [-0.1, -0.05) is 16.8 Å². The molecule has 1 atom stereocenters. The van der Waals surface area contributed by atoms with E-state index >= 15 is 0 Å². The van der Waals surface area contributed by atoms with Crippen molar-refractivity contribution >= 4 is 23.2 Å². The van der Waals surface area contributed by atoms with Gasteiger partial charge >= 0.3 is 0 Å². The number of carbonyl (C=O) groups is 1. The molecule has 1 saturated heterocycles. The molecule has 28 heavy (non-hydrogen) atoms. The van der Waals surface area contributed by atoms with E-state index in [2.05, 4.69) is 10.1 Å². The van der Waals surface area contributed by atoms with Crippen molar-refractivity contribution < 1.29 is 18.8 Å². The lowest BCUT2D eigenvalue weighted by atomic mass is 10.1. The van der Waals surface area contributed by atoms with Crippen molar-refractivity contribution in [1.82, 2.24) is 10.1 Å². The van der Waals surface area contributed by atoms with Gasteiger partial charge in [-0.05, 0) is 36.4 Å². The molecule has 0 radical (unpaired) electrons. The zero-order chi connectivity index (χ0) is 19.7. The molecule has 2 heterocycles. The van der Waals surface area contributed by atoms with Crippen LogP contribution >= 0.6 is 11.6 Å². The largest absolute Gasteiger partial charge is 0.497 e. The second kappa shape index (κ2) is 7.52. The average molecular weight is 400 g/mol. The number of nitrogens with zero attached hydrogens (tertiary/aromatic N) is 3. The van der Waals surface area contributed by atoms with E-state index in [9.17, 15) is 4.79 Å². The van der Waals surface area contributed by atoms with Crippen LogP contribution < -0.4 is 14.4 Å². The van der Waals surface area contributed by atoms with Crippen LogP contribution in [0.5, 0.6) is 11.5 Å². The molecule has 1 fully saturated rings. The van der Waals surface area contributed by atoms with E-state index in [0.717, 1.165) is 5.56 Å². The molecule has 8 heteroatoms. The molecule has 0 aliphatic carbocycles. The highest BCUT2D eigenvalue weighted by atomic mass is 35.5. The van der Waals surface area contributed by atoms with Crippen LogP contribution in [0.25, 0.3) is 11.4 Å². The first-order valence-corrected chi connectivity index (χ1v) is 9.08. The van der Waals surface area contributed by atoms with Gasteiger partial charge in [-0.3, -0.25) is 4.79 Å². The van der Waals surface area contributed by atoms with Crippen LogP contribution in [0.4, 0.5) is 5.69 Å². The maximum atomic E-state index is 12.6. The summed E-state index contributed by atoms with van der Waals surface area (Å²) in [4.78, 5) is 18.8. The number of anilines is 1. The Morgan fingerprint density at radius 1 is 1.14 bits per heavy atom. The Hall–Kier alpha value is -3.06. The van der Waals surface area contributed by atoms with Gasteiger partial charge in [0.15, 0.2) is 0 Å². The molecule has 2 aromatic carbocycles. The third-order valence-corrected chi connectivity index (χ3v) is 4.95. The van der Waals surface area contributed by atoms with Crippen LogP contribution in [0.1, 0.15) is 18.2 Å². The number of carbonyl (C=O) groups excluding carboxylic acids is 1. The van der Waals surface area contributed by atoms with Gasteiger partial charge in [0.1, 0.15) is 11.5 Å². The van der Waals surface area contributed by atoms with Crippen LogP contribution in [0, 0.1) is 0 Å². The Morgan fingerprint density at radius 2 is 1.93 bits per heavy atom. The van der Waals surface area contributed by atoms with Crippen LogP contribution in [0.15, 0.2) is 47.0 Å². The second-order valence-corrected chi connectivity index (χ2v) is 6.84. The van der Waals surface area contributed by atoms with Gasteiger partial charge in [0, 0.05) is 29.6 Å². The van der Waals surface area contributed by atoms with Crippen molar-refractivity contribution in [2.75, 3.05) is 25.7 Å². The molecule has 1 aromatic heterocycles. The fraction of sp³-hybridized carbons (Fsp3) is 0.250. The molecular formula is C20H18ClN3O4. The highest BCUT2D eigenvalue weighted by Gasteiger charge is 2.36. The predicted molar refractivity (Wildman–Crippen MR) is 104 cm³/mol. The number of rotatable bonds is 5. The number of aromatic nitrogens is 2. The van der Waals surface area contributed by atoms with Crippen LogP contribution in [-0.4, -0.2) is 36.8 Å². The van der Waals surface area contributed by atoms with Crippen molar-refractivity contribution in [2.24, 2.45) is 0 Å². The quantitative estimate of drug-likeness (QED) is 0.647. The highest BCUT2D eigenvalue weighted by molar-refractivity contribution is 6.30.